The highest BCUT2D eigenvalue weighted by Gasteiger charge is 2.19. The fraction of sp³-hybridized carbons (Fsp3) is 0.348. The highest BCUT2D eigenvalue weighted by atomic mass is 35.5. The Labute approximate surface area is 184 Å². The van der Waals surface area contributed by atoms with E-state index >= 15 is 0 Å². The minimum absolute atomic E-state index is 0.199. The Morgan fingerprint density at radius 1 is 1.19 bits per heavy atom. The number of ether oxygens (including phenoxy) is 2. The van der Waals surface area contributed by atoms with Crippen LogP contribution in [0, 0.1) is 5.92 Å². The van der Waals surface area contributed by atoms with Crippen LogP contribution in [0.4, 0.5) is 0 Å². The van der Waals surface area contributed by atoms with Crippen molar-refractivity contribution in [2.24, 2.45) is 5.92 Å². The number of halogens is 1. The van der Waals surface area contributed by atoms with Crippen LogP contribution in [0.25, 0.3) is 10.8 Å². The SMILES string of the molecule is CC(C)Cn1nc(C(=O)NCc2cc(Cl)c3c(c2)OCCCO3)c2ccccc2c1=O. The van der Waals surface area contributed by atoms with Crippen LogP contribution >= 0.6 is 11.6 Å². The van der Waals surface area contributed by atoms with Crippen molar-refractivity contribution in [3.63, 3.8) is 0 Å². The molecule has 1 aromatic heterocycles. The monoisotopic (exact) mass is 441 g/mol. The van der Waals surface area contributed by atoms with Gasteiger partial charge >= 0.3 is 0 Å². The van der Waals surface area contributed by atoms with Gasteiger partial charge < -0.3 is 14.8 Å². The summed E-state index contributed by atoms with van der Waals surface area (Å²) in [4.78, 5) is 25.8. The van der Waals surface area contributed by atoms with Crippen molar-refractivity contribution in [3.8, 4) is 11.5 Å². The average Bonchev–Trinajstić information content (AvgIpc) is 3.00. The van der Waals surface area contributed by atoms with Gasteiger partial charge in [-0.3, -0.25) is 9.59 Å². The van der Waals surface area contributed by atoms with E-state index in [0.29, 0.717) is 47.1 Å². The summed E-state index contributed by atoms with van der Waals surface area (Å²) in [6.45, 7) is 5.75. The molecule has 31 heavy (non-hydrogen) atoms. The maximum absolute atomic E-state index is 13.0. The molecule has 1 N–H and O–H groups in total. The number of hydrogen-bond acceptors (Lipinski definition) is 5. The number of fused-ring (bicyclic) bond motifs is 2. The minimum atomic E-state index is -0.364. The van der Waals surface area contributed by atoms with Crippen molar-refractivity contribution >= 4 is 28.3 Å². The highest BCUT2D eigenvalue weighted by Crippen LogP contribution is 2.38. The van der Waals surface area contributed by atoms with Gasteiger partial charge in [0.15, 0.2) is 17.2 Å². The second-order valence-corrected chi connectivity index (χ2v) is 8.32. The Bertz CT molecular complexity index is 1190. The zero-order chi connectivity index (χ0) is 22.0. The van der Waals surface area contributed by atoms with Gasteiger partial charge in [-0.25, -0.2) is 4.68 Å². The third kappa shape index (κ3) is 4.51. The number of benzene rings is 2. The second-order valence-electron chi connectivity index (χ2n) is 7.91. The van der Waals surface area contributed by atoms with Gasteiger partial charge in [-0.05, 0) is 29.7 Å². The van der Waals surface area contributed by atoms with Crippen molar-refractivity contribution in [2.45, 2.75) is 33.4 Å². The predicted octanol–water partition coefficient (Wildman–Crippen LogP) is 3.80. The lowest BCUT2D eigenvalue weighted by atomic mass is 10.1. The zero-order valence-corrected chi connectivity index (χ0v) is 18.2. The standard InChI is InChI=1S/C23H24ClN3O4/c1-14(2)13-27-23(29)17-7-4-3-6-16(17)20(26-27)22(28)25-12-15-10-18(24)21-19(11-15)30-8-5-9-31-21/h3-4,6-7,10-11,14H,5,8-9,12-13H2,1-2H3,(H,25,28). The first-order valence-corrected chi connectivity index (χ1v) is 10.7. The molecule has 7 nitrogen and oxygen atoms in total. The largest absolute Gasteiger partial charge is 0.489 e. The number of carbonyl (C=O) groups is 1. The molecular formula is C23H24ClN3O4. The molecule has 0 saturated carbocycles. The predicted molar refractivity (Wildman–Crippen MR) is 119 cm³/mol. The van der Waals surface area contributed by atoms with E-state index in [1.54, 1.807) is 30.3 Å². The summed E-state index contributed by atoms with van der Waals surface area (Å²) in [6, 6.07) is 10.6. The van der Waals surface area contributed by atoms with Crippen LogP contribution in [-0.4, -0.2) is 28.9 Å². The quantitative estimate of drug-likeness (QED) is 0.651. The second kappa shape index (κ2) is 8.98. The first-order chi connectivity index (χ1) is 14.9. The van der Waals surface area contributed by atoms with Gasteiger partial charge in [-0.15, -0.1) is 0 Å². The number of carbonyl (C=O) groups excluding carboxylic acids is 1. The van der Waals surface area contributed by atoms with Gasteiger partial charge in [-0.1, -0.05) is 43.6 Å². The van der Waals surface area contributed by atoms with E-state index in [1.165, 1.54) is 4.68 Å². The number of nitrogens with one attached hydrogen (secondary N) is 1. The molecule has 2 aromatic carbocycles. The summed E-state index contributed by atoms with van der Waals surface area (Å²) < 4.78 is 12.7. The van der Waals surface area contributed by atoms with Crippen LogP contribution in [0.5, 0.6) is 11.5 Å². The van der Waals surface area contributed by atoms with E-state index in [9.17, 15) is 9.59 Å². The van der Waals surface area contributed by atoms with Crippen LogP contribution < -0.4 is 20.3 Å². The lowest BCUT2D eigenvalue weighted by Crippen LogP contribution is -2.31. The van der Waals surface area contributed by atoms with Crippen molar-refractivity contribution in [3.05, 3.63) is 63.0 Å². The molecule has 162 valence electrons. The van der Waals surface area contributed by atoms with Gasteiger partial charge in [0.1, 0.15) is 0 Å². The topological polar surface area (TPSA) is 82.5 Å². The van der Waals surface area contributed by atoms with Gasteiger partial charge in [-0.2, -0.15) is 5.10 Å². The summed E-state index contributed by atoms with van der Waals surface area (Å²) in [7, 11) is 0. The normalized spacial score (nSPS) is 13.3. The molecule has 0 bridgehead atoms. The molecule has 0 spiro atoms. The molecule has 0 fully saturated rings. The molecule has 0 radical (unpaired) electrons. The molecule has 2 heterocycles. The van der Waals surface area contributed by atoms with Crippen LogP contribution in [0.15, 0.2) is 41.2 Å². The number of nitrogens with zero attached hydrogens (tertiary/aromatic N) is 2. The molecular weight excluding hydrogens is 418 g/mol. The molecule has 0 atom stereocenters. The smallest absolute Gasteiger partial charge is 0.274 e. The molecule has 1 amide bonds. The first-order valence-electron chi connectivity index (χ1n) is 10.3. The van der Waals surface area contributed by atoms with Gasteiger partial charge in [0.25, 0.3) is 11.5 Å². The molecule has 0 saturated heterocycles. The van der Waals surface area contributed by atoms with Crippen LogP contribution in [0.1, 0.15) is 36.3 Å². The highest BCUT2D eigenvalue weighted by molar-refractivity contribution is 6.32. The van der Waals surface area contributed by atoms with Crippen molar-refractivity contribution in [2.75, 3.05) is 13.2 Å². The number of amides is 1. The fourth-order valence-corrected chi connectivity index (χ4v) is 3.81. The summed E-state index contributed by atoms with van der Waals surface area (Å²) in [5.41, 5.74) is 0.800. The summed E-state index contributed by atoms with van der Waals surface area (Å²) in [5, 5.41) is 8.71. The molecule has 1 aliphatic rings. The Morgan fingerprint density at radius 2 is 1.94 bits per heavy atom. The lowest BCUT2D eigenvalue weighted by Gasteiger charge is -2.14. The molecule has 1 aliphatic heterocycles. The van der Waals surface area contributed by atoms with E-state index in [-0.39, 0.29) is 29.6 Å². The maximum atomic E-state index is 13.0. The molecule has 4 rings (SSSR count). The van der Waals surface area contributed by atoms with Gasteiger partial charge in [0.2, 0.25) is 0 Å². The van der Waals surface area contributed by atoms with E-state index in [2.05, 4.69) is 10.4 Å². The lowest BCUT2D eigenvalue weighted by molar-refractivity contribution is 0.0945. The molecule has 8 heteroatoms. The Balaban J connectivity index is 1.62. The average molecular weight is 442 g/mol. The zero-order valence-electron chi connectivity index (χ0n) is 17.5. The fourth-order valence-electron chi connectivity index (χ4n) is 3.52. The summed E-state index contributed by atoms with van der Waals surface area (Å²) >= 11 is 6.35. The van der Waals surface area contributed by atoms with Gasteiger partial charge in [0.05, 0.1) is 23.6 Å². The Hall–Kier alpha value is -3.06. The maximum Gasteiger partial charge on any atom is 0.274 e. The van der Waals surface area contributed by atoms with E-state index in [1.807, 2.05) is 19.9 Å². The van der Waals surface area contributed by atoms with E-state index in [4.69, 9.17) is 21.1 Å². The molecule has 0 aliphatic carbocycles. The van der Waals surface area contributed by atoms with Crippen molar-refractivity contribution in [1.29, 1.82) is 0 Å². The van der Waals surface area contributed by atoms with Crippen LogP contribution in [0.2, 0.25) is 5.02 Å². The summed E-state index contributed by atoms with van der Waals surface area (Å²) in [5.74, 6) is 0.953. The molecule has 0 unspecified atom stereocenters. The number of hydrogen-bond donors (Lipinski definition) is 1. The number of rotatable bonds is 5. The summed E-state index contributed by atoms with van der Waals surface area (Å²) in [6.07, 6.45) is 0.780. The third-order valence-corrected chi connectivity index (χ3v) is 5.22. The van der Waals surface area contributed by atoms with E-state index < -0.39 is 0 Å². The van der Waals surface area contributed by atoms with Crippen LogP contribution in [-0.2, 0) is 13.1 Å². The van der Waals surface area contributed by atoms with Crippen LogP contribution in [0.3, 0.4) is 0 Å². The Kier molecular flexibility index (Phi) is 6.13. The third-order valence-electron chi connectivity index (χ3n) is 4.94. The Morgan fingerprint density at radius 3 is 2.71 bits per heavy atom. The van der Waals surface area contributed by atoms with Crippen molar-refractivity contribution < 1.29 is 14.3 Å². The van der Waals surface area contributed by atoms with E-state index in [0.717, 1.165) is 12.0 Å². The first kappa shape index (κ1) is 21.2. The molecule has 3 aromatic rings. The number of aromatic nitrogens is 2. The minimum Gasteiger partial charge on any atom is -0.489 e. The van der Waals surface area contributed by atoms with Crippen molar-refractivity contribution in [1.82, 2.24) is 15.1 Å². The van der Waals surface area contributed by atoms with Gasteiger partial charge in [0, 0.05) is 24.9 Å².